The zero-order valence-electron chi connectivity index (χ0n) is 29.7. The molecule has 0 aliphatic rings. The van der Waals surface area contributed by atoms with E-state index in [4.69, 9.17) is 19.9 Å². The van der Waals surface area contributed by atoms with E-state index in [1.165, 1.54) is 26.6 Å². The van der Waals surface area contributed by atoms with Crippen molar-refractivity contribution in [1.82, 2.24) is 19.9 Å². The van der Waals surface area contributed by atoms with Gasteiger partial charge >= 0.3 is 0 Å². The first-order valence-corrected chi connectivity index (χ1v) is 19.1. The maximum atomic E-state index is 5.16. The molecule has 258 valence electrons. The molecule has 0 saturated carbocycles. The molecule has 7 aromatic carbocycles. The minimum Gasteiger partial charge on any atom is -0.228 e. The minimum atomic E-state index is 0.697. The van der Waals surface area contributed by atoms with Crippen LogP contribution in [0.15, 0.2) is 194 Å². The molecule has 3 aromatic heterocycles. The standard InChI is InChI=1S/C50H32N4S/c1-5-14-33(15-6-1)34-24-26-37(27-25-34)45-32-46(52-49(51-45)38-20-11-4-12-21-38)39-28-29-47-42(30-39)40-22-13-23-41(48(40)55-47)50-53-43(35-16-7-2-8-17-35)31-44(54-50)36-18-9-3-10-19-36/h1-32H. The Bertz CT molecular complexity index is 2890. The molecular formula is C50H32N4S. The third-order valence-electron chi connectivity index (χ3n) is 9.94. The Balaban J connectivity index is 1.10. The number of hydrogen-bond acceptors (Lipinski definition) is 5. The average Bonchev–Trinajstić information content (AvgIpc) is 3.66. The summed E-state index contributed by atoms with van der Waals surface area (Å²) < 4.78 is 2.36. The van der Waals surface area contributed by atoms with Crippen LogP contribution in [0.5, 0.6) is 0 Å². The van der Waals surface area contributed by atoms with Crippen molar-refractivity contribution in [1.29, 1.82) is 0 Å². The Labute approximate surface area is 323 Å². The van der Waals surface area contributed by atoms with E-state index < -0.39 is 0 Å². The molecule has 0 unspecified atom stereocenters. The van der Waals surface area contributed by atoms with Gasteiger partial charge in [0.05, 0.1) is 22.8 Å². The molecule has 3 heterocycles. The van der Waals surface area contributed by atoms with Crippen LogP contribution in [0.25, 0.3) is 99.1 Å². The third kappa shape index (κ3) is 6.37. The van der Waals surface area contributed by atoms with Gasteiger partial charge in [-0.25, -0.2) is 19.9 Å². The van der Waals surface area contributed by atoms with Crippen molar-refractivity contribution in [3.63, 3.8) is 0 Å². The summed E-state index contributed by atoms with van der Waals surface area (Å²) in [5.41, 5.74) is 12.1. The molecule has 0 aliphatic carbocycles. The predicted octanol–water partition coefficient (Wildman–Crippen LogP) is 13.3. The van der Waals surface area contributed by atoms with Crippen LogP contribution in [0.3, 0.4) is 0 Å². The Morgan fingerprint density at radius 2 is 0.727 bits per heavy atom. The van der Waals surface area contributed by atoms with Gasteiger partial charge in [-0.1, -0.05) is 164 Å². The molecular weight excluding hydrogens is 689 g/mol. The molecule has 0 aliphatic heterocycles. The summed E-state index contributed by atoms with van der Waals surface area (Å²) in [6, 6.07) is 67.3. The van der Waals surface area contributed by atoms with Crippen molar-refractivity contribution in [3.8, 4) is 78.9 Å². The second-order valence-corrected chi connectivity index (χ2v) is 14.5. The van der Waals surface area contributed by atoms with E-state index in [2.05, 4.69) is 158 Å². The lowest BCUT2D eigenvalue weighted by Gasteiger charge is -2.10. The lowest BCUT2D eigenvalue weighted by atomic mass is 10.0. The second-order valence-electron chi connectivity index (χ2n) is 13.5. The fraction of sp³-hybridized carbons (Fsp3) is 0. The molecule has 10 rings (SSSR count). The first-order valence-electron chi connectivity index (χ1n) is 18.3. The van der Waals surface area contributed by atoms with E-state index in [0.29, 0.717) is 11.6 Å². The molecule has 0 spiro atoms. The summed E-state index contributed by atoms with van der Waals surface area (Å²) in [5.74, 6) is 1.41. The number of thiophene rings is 1. The normalized spacial score (nSPS) is 11.3. The molecule has 0 amide bonds. The maximum absolute atomic E-state index is 5.16. The number of aromatic nitrogens is 4. The van der Waals surface area contributed by atoms with E-state index >= 15 is 0 Å². The SMILES string of the molecule is c1ccc(-c2ccc(-c3cc(-c4ccc5sc6c(-c7nc(-c8ccccc8)cc(-c8ccccc8)n7)cccc6c5c4)nc(-c4ccccc4)n3)cc2)cc1. The predicted molar refractivity (Wildman–Crippen MR) is 229 cm³/mol. The Kier molecular flexibility index (Phi) is 8.32. The first-order chi connectivity index (χ1) is 27.2. The van der Waals surface area contributed by atoms with Crippen molar-refractivity contribution in [2.75, 3.05) is 0 Å². The van der Waals surface area contributed by atoms with Crippen molar-refractivity contribution in [3.05, 3.63) is 194 Å². The van der Waals surface area contributed by atoms with E-state index in [0.717, 1.165) is 60.9 Å². The van der Waals surface area contributed by atoms with E-state index in [1.807, 2.05) is 36.4 Å². The van der Waals surface area contributed by atoms with Crippen molar-refractivity contribution in [2.45, 2.75) is 0 Å². The number of rotatable bonds is 7. The van der Waals surface area contributed by atoms with Gasteiger partial charge in [0.1, 0.15) is 0 Å². The van der Waals surface area contributed by atoms with Crippen LogP contribution in [-0.2, 0) is 0 Å². The Morgan fingerprint density at radius 1 is 0.291 bits per heavy atom. The van der Waals surface area contributed by atoms with Crippen LogP contribution in [0, 0.1) is 0 Å². The minimum absolute atomic E-state index is 0.697. The summed E-state index contributed by atoms with van der Waals surface area (Å²) in [5, 5.41) is 2.35. The Morgan fingerprint density at radius 3 is 1.31 bits per heavy atom. The number of nitrogens with zero attached hydrogens (tertiary/aromatic N) is 4. The smallest absolute Gasteiger partial charge is 0.161 e. The monoisotopic (exact) mass is 720 g/mol. The lowest BCUT2D eigenvalue weighted by Crippen LogP contribution is -1.96. The van der Waals surface area contributed by atoms with Crippen molar-refractivity contribution >= 4 is 31.5 Å². The summed E-state index contributed by atoms with van der Waals surface area (Å²) in [6.07, 6.45) is 0. The van der Waals surface area contributed by atoms with Gasteiger partial charge in [-0.2, -0.15) is 0 Å². The zero-order chi connectivity index (χ0) is 36.6. The highest BCUT2D eigenvalue weighted by Crippen LogP contribution is 2.42. The lowest BCUT2D eigenvalue weighted by molar-refractivity contribution is 1.18. The molecule has 0 saturated heterocycles. The molecule has 0 N–H and O–H groups in total. The van der Waals surface area contributed by atoms with Gasteiger partial charge in [0.25, 0.3) is 0 Å². The number of fused-ring (bicyclic) bond motifs is 3. The fourth-order valence-corrected chi connectivity index (χ4v) is 8.33. The first kappa shape index (κ1) is 32.6. The largest absolute Gasteiger partial charge is 0.228 e. The summed E-state index contributed by atoms with van der Waals surface area (Å²) in [7, 11) is 0. The van der Waals surface area contributed by atoms with Gasteiger partial charge in [-0.05, 0) is 41.5 Å². The Hall–Kier alpha value is -7.08. The molecule has 0 fully saturated rings. The van der Waals surface area contributed by atoms with Crippen LogP contribution in [0.1, 0.15) is 0 Å². The molecule has 0 bridgehead atoms. The zero-order valence-corrected chi connectivity index (χ0v) is 30.5. The van der Waals surface area contributed by atoms with E-state index in [9.17, 15) is 0 Å². The van der Waals surface area contributed by atoms with Crippen LogP contribution >= 0.6 is 11.3 Å². The molecule has 5 heteroatoms. The second kappa shape index (κ2) is 14.0. The van der Waals surface area contributed by atoms with Crippen LogP contribution in [0.2, 0.25) is 0 Å². The average molecular weight is 721 g/mol. The summed E-state index contributed by atoms with van der Waals surface area (Å²) in [4.78, 5) is 20.6. The van der Waals surface area contributed by atoms with Crippen LogP contribution in [-0.4, -0.2) is 19.9 Å². The summed E-state index contributed by atoms with van der Waals surface area (Å²) in [6.45, 7) is 0. The van der Waals surface area contributed by atoms with Crippen LogP contribution < -0.4 is 0 Å². The van der Waals surface area contributed by atoms with Gasteiger partial charge < -0.3 is 0 Å². The van der Waals surface area contributed by atoms with Gasteiger partial charge in [0.2, 0.25) is 0 Å². The van der Waals surface area contributed by atoms with Crippen molar-refractivity contribution in [2.24, 2.45) is 0 Å². The highest BCUT2D eigenvalue weighted by atomic mass is 32.1. The topological polar surface area (TPSA) is 51.6 Å². The molecule has 55 heavy (non-hydrogen) atoms. The molecule has 4 nitrogen and oxygen atoms in total. The maximum Gasteiger partial charge on any atom is 0.161 e. The highest BCUT2D eigenvalue weighted by molar-refractivity contribution is 7.26. The highest BCUT2D eigenvalue weighted by Gasteiger charge is 2.17. The molecule has 0 radical (unpaired) electrons. The quantitative estimate of drug-likeness (QED) is 0.164. The number of benzene rings is 7. The third-order valence-corrected chi connectivity index (χ3v) is 11.2. The molecule has 10 aromatic rings. The molecule has 0 atom stereocenters. The van der Waals surface area contributed by atoms with Gasteiger partial charge in [-0.15, -0.1) is 11.3 Å². The summed E-state index contributed by atoms with van der Waals surface area (Å²) >= 11 is 1.78. The van der Waals surface area contributed by atoms with Crippen LogP contribution in [0.4, 0.5) is 0 Å². The van der Waals surface area contributed by atoms with E-state index in [1.54, 1.807) is 11.3 Å². The van der Waals surface area contributed by atoms with Gasteiger partial charge in [0, 0.05) is 53.6 Å². The van der Waals surface area contributed by atoms with Gasteiger partial charge in [0.15, 0.2) is 11.6 Å². The fourth-order valence-electron chi connectivity index (χ4n) is 7.14. The number of hydrogen-bond donors (Lipinski definition) is 0. The van der Waals surface area contributed by atoms with Crippen molar-refractivity contribution < 1.29 is 0 Å². The van der Waals surface area contributed by atoms with Gasteiger partial charge in [-0.3, -0.25) is 0 Å². The van der Waals surface area contributed by atoms with E-state index in [-0.39, 0.29) is 0 Å².